The molecule has 0 bridgehead atoms. The van der Waals surface area contributed by atoms with Crippen molar-refractivity contribution in [3.8, 4) is 11.5 Å². The standard InChI is InChI=1S/C29H34N2O4/c1-4-17-31(18-5-2)19-20-35-27-21-25(15-16-26(27)34-3)30-29(33)24-13-11-23(12-14-24)28(32)22-9-7-6-8-10-22/h6-16,21H,4-5,17-20H2,1-3H3,(H,30,33). The van der Waals surface area contributed by atoms with E-state index in [9.17, 15) is 9.59 Å². The number of ketones is 1. The first-order valence-corrected chi connectivity index (χ1v) is 12.1. The van der Waals surface area contributed by atoms with Crippen LogP contribution in [0.2, 0.25) is 0 Å². The van der Waals surface area contributed by atoms with Crippen LogP contribution in [0, 0.1) is 0 Å². The minimum atomic E-state index is -0.267. The maximum Gasteiger partial charge on any atom is 0.255 e. The highest BCUT2D eigenvalue weighted by Crippen LogP contribution is 2.30. The summed E-state index contributed by atoms with van der Waals surface area (Å²) < 4.78 is 11.4. The Bertz CT molecular complexity index is 1090. The number of rotatable bonds is 13. The molecular weight excluding hydrogens is 440 g/mol. The second-order valence-corrected chi connectivity index (χ2v) is 8.28. The Kier molecular flexibility index (Phi) is 9.87. The van der Waals surface area contributed by atoms with Gasteiger partial charge in [-0.3, -0.25) is 14.5 Å². The Labute approximate surface area is 207 Å². The van der Waals surface area contributed by atoms with Gasteiger partial charge in [-0.15, -0.1) is 0 Å². The molecule has 0 unspecified atom stereocenters. The first-order valence-electron chi connectivity index (χ1n) is 12.1. The van der Waals surface area contributed by atoms with Crippen LogP contribution in [0.4, 0.5) is 5.69 Å². The summed E-state index contributed by atoms with van der Waals surface area (Å²) >= 11 is 0. The molecule has 0 atom stereocenters. The quantitative estimate of drug-likeness (QED) is 0.323. The Morgan fingerprint density at radius 3 is 2.03 bits per heavy atom. The predicted molar refractivity (Wildman–Crippen MR) is 140 cm³/mol. The fourth-order valence-corrected chi connectivity index (χ4v) is 3.85. The summed E-state index contributed by atoms with van der Waals surface area (Å²) in [6.07, 6.45) is 2.21. The summed E-state index contributed by atoms with van der Waals surface area (Å²) in [6, 6.07) is 21.1. The molecule has 0 spiro atoms. The number of nitrogens with one attached hydrogen (secondary N) is 1. The van der Waals surface area contributed by atoms with Gasteiger partial charge in [-0.2, -0.15) is 0 Å². The minimum Gasteiger partial charge on any atom is -0.493 e. The van der Waals surface area contributed by atoms with E-state index in [0.717, 1.165) is 32.5 Å². The van der Waals surface area contributed by atoms with E-state index in [1.165, 1.54) is 0 Å². The Morgan fingerprint density at radius 1 is 0.771 bits per heavy atom. The highest BCUT2D eigenvalue weighted by Gasteiger charge is 2.13. The van der Waals surface area contributed by atoms with E-state index < -0.39 is 0 Å². The van der Waals surface area contributed by atoms with Crippen LogP contribution in [-0.2, 0) is 0 Å². The van der Waals surface area contributed by atoms with Crippen LogP contribution in [0.15, 0.2) is 72.8 Å². The zero-order chi connectivity index (χ0) is 25.0. The second kappa shape index (κ2) is 13.3. The normalized spacial score (nSPS) is 10.7. The van der Waals surface area contributed by atoms with E-state index in [4.69, 9.17) is 9.47 Å². The summed E-state index contributed by atoms with van der Waals surface area (Å²) in [6.45, 7) is 7.79. The van der Waals surface area contributed by atoms with Crippen LogP contribution >= 0.6 is 0 Å². The Hall–Kier alpha value is -3.64. The van der Waals surface area contributed by atoms with Gasteiger partial charge in [0.05, 0.1) is 7.11 Å². The van der Waals surface area contributed by atoms with Gasteiger partial charge in [-0.25, -0.2) is 0 Å². The zero-order valence-corrected chi connectivity index (χ0v) is 20.8. The van der Waals surface area contributed by atoms with E-state index in [1.54, 1.807) is 61.7 Å². The molecule has 0 aliphatic heterocycles. The van der Waals surface area contributed by atoms with Crippen LogP contribution in [0.3, 0.4) is 0 Å². The predicted octanol–water partition coefficient (Wildman–Crippen LogP) is 5.68. The molecule has 3 rings (SSSR count). The first kappa shape index (κ1) is 26.0. The van der Waals surface area contributed by atoms with Crippen molar-refractivity contribution in [1.82, 2.24) is 4.90 Å². The Morgan fingerprint density at radius 2 is 1.40 bits per heavy atom. The van der Waals surface area contributed by atoms with Gasteiger partial charge >= 0.3 is 0 Å². The summed E-state index contributed by atoms with van der Waals surface area (Å²) in [5.74, 6) is 0.856. The van der Waals surface area contributed by atoms with Crippen LogP contribution in [0.5, 0.6) is 11.5 Å². The topological polar surface area (TPSA) is 67.9 Å². The van der Waals surface area contributed by atoms with Gasteiger partial charge in [-0.1, -0.05) is 56.3 Å². The third kappa shape index (κ3) is 7.42. The molecule has 0 radical (unpaired) electrons. The number of hydrogen-bond acceptors (Lipinski definition) is 5. The lowest BCUT2D eigenvalue weighted by atomic mass is 10.0. The van der Waals surface area contributed by atoms with Crippen molar-refractivity contribution in [2.45, 2.75) is 26.7 Å². The number of nitrogens with zero attached hydrogens (tertiary/aromatic N) is 1. The molecule has 6 heteroatoms. The maximum atomic E-state index is 12.8. The molecule has 0 aliphatic rings. The lowest BCUT2D eigenvalue weighted by Crippen LogP contribution is -2.30. The van der Waals surface area contributed by atoms with Crippen molar-refractivity contribution in [3.63, 3.8) is 0 Å². The smallest absolute Gasteiger partial charge is 0.255 e. The van der Waals surface area contributed by atoms with Crippen LogP contribution in [0.25, 0.3) is 0 Å². The molecular formula is C29H34N2O4. The highest BCUT2D eigenvalue weighted by atomic mass is 16.5. The molecule has 6 nitrogen and oxygen atoms in total. The van der Waals surface area contributed by atoms with Crippen molar-refractivity contribution in [2.24, 2.45) is 0 Å². The second-order valence-electron chi connectivity index (χ2n) is 8.28. The van der Waals surface area contributed by atoms with Crippen LogP contribution in [0.1, 0.15) is 53.0 Å². The monoisotopic (exact) mass is 474 g/mol. The molecule has 0 fully saturated rings. The van der Waals surface area contributed by atoms with Gasteiger partial charge in [0.1, 0.15) is 6.61 Å². The number of hydrogen-bond donors (Lipinski definition) is 1. The van der Waals surface area contributed by atoms with E-state index in [1.807, 2.05) is 18.2 Å². The summed E-state index contributed by atoms with van der Waals surface area (Å²) in [5, 5.41) is 2.90. The van der Waals surface area contributed by atoms with Crippen molar-refractivity contribution in [1.29, 1.82) is 0 Å². The highest BCUT2D eigenvalue weighted by molar-refractivity contribution is 6.10. The average molecular weight is 475 g/mol. The fourth-order valence-electron chi connectivity index (χ4n) is 3.85. The Balaban J connectivity index is 1.64. The largest absolute Gasteiger partial charge is 0.493 e. The van der Waals surface area contributed by atoms with Crippen LogP contribution in [-0.4, -0.2) is 49.9 Å². The molecule has 35 heavy (non-hydrogen) atoms. The number of carbonyl (C=O) groups excluding carboxylic acids is 2. The number of methoxy groups -OCH3 is 1. The first-order chi connectivity index (χ1) is 17.0. The molecule has 3 aromatic carbocycles. The minimum absolute atomic E-state index is 0.0778. The van der Waals surface area contributed by atoms with Crippen molar-refractivity contribution in [2.75, 3.05) is 38.7 Å². The SMILES string of the molecule is CCCN(CCC)CCOc1cc(NC(=O)c2ccc(C(=O)c3ccccc3)cc2)ccc1OC. The molecule has 0 heterocycles. The van der Waals surface area contributed by atoms with Gasteiger partial charge in [0.25, 0.3) is 5.91 Å². The van der Waals surface area contributed by atoms with Crippen LogP contribution < -0.4 is 14.8 Å². The lowest BCUT2D eigenvalue weighted by molar-refractivity contribution is 0.102. The summed E-state index contributed by atoms with van der Waals surface area (Å²) in [7, 11) is 1.60. The van der Waals surface area contributed by atoms with Gasteiger partial charge < -0.3 is 14.8 Å². The van der Waals surface area contributed by atoms with E-state index >= 15 is 0 Å². The molecule has 1 N–H and O–H groups in total. The maximum absolute atomic E-state index is 12.8. The van der Waals surface area contributed by atoms with Crippen molar-refractivity contribution >= 4 is 17.4 Å². The molecule has 0 saturated heterocycles. The van der Waals surface area contributed by atoms with Crippen molar-refractivity contribution in [3.05, 3.63) is 89.5 Å². The molecule has 184 valence electrons. The van der Waals surface area contributed by atoms with Gasteiger partial charge in [0.15, 0.2) is 17.3 Å². The molecule has 0 aliphatic carbocycles. The number of ether oxygens (including phenoxy) is 2. The summed E-state index contributed by atoms with van der Waals surface area (Å²) in [4.78, 5) is 27.8. The zero-order valence-electron chi connectivity index (χ0n) is 20.8. The van der Waals surface area contributed by atoms with E-state index in [2.05, 4.69) is 24.1 Å². The number of benzene rings is 3. The fraction of sp³-hybridized carbons (Fsp3) is 0.310. The number of anilines is 1. The molecule has 0 aromatic heterocycles. The van der Waals surface area contributed by atoms with E-state index in [0.29, 0.717) is 40.5 Å². The molecule has 1 amide bonds. The van der Waals surface area contributed by atoms with E-state index in [-0.39, 0.29) is 11.7 Å². The van der Waals surface area contributed by atoms with Gasteiger partial charge in [0.2, 0.25) is 0 Å². The number of amides is 1. The lowest BCUT2D eigenvalue weighted by Gasteiger charge is -2.21. The third-order valence-corrected chi connectivity index (χ3v) is 5.61. The van der Waals surface area contributed by atoms with Gasteiger partial charge in [0, 0.05) is 35.0 Å². The molecule has 0 saturated carbocycles. The average Bonchev–Trinajstić information content (AvgIpc) is 2.89. The van der Waals surface area contributed by atoms with Crippen molar-refractivity contribution < 1.29 is 19.1 Å². The van der Waals surface area contributed by atoms with Gasteiger partial charge in [-0.05, 0) is 50.2 Å². The summed E-state index contributed by atoms with van der Waals surface area (Å²) in [5.41, 5.74) is 2.22. The molecule has 3 aromatic rings. The number of carbonyl (C=O) groups is 2. The third-order valence-electron chi connectivity index (χ3n) is 5.61.